The number of amides is 2. The van der Waals surface area contributed by atoms with Crippen LogP contribution in [0.3, 0.4) is 0 Å². The van der Waals surface area contributed by atoms with Gasteiger partial charge in [-0.1, -0.05) is 5.16 Å². The summed E-state index contributed by atoms with van der Waals surface area (Å²) in [5.41, 5.74) is 5.44. The van der Waals surface area contributed by atoms with E-state index >= 15 is 0 Å². The second kappa shape index (κ2) is 6.29. The molecule has 0 unspecified atom stereocenters. The molecule has 1 saturated heterocycles. The zero-order chi connectivity index (χ0) is 12.8. The maximum absolute atomic E-state index is 11.4. The first-order valence-electron chi connectivity index (χ1n) is 5.69. The molecule has 7 heteroatoms. The monoisotopic (exact) mass is 243 g/mol. The largest absolute Gasteiger partial charge is 0.409 e. The van der Waals surface area contributed by atoms with Crippen LogP contribution < -0.4 is 11.1 Å². The van der Waals surface area contributed by atoms with Crippen LogP contribution in [0.25, 0.3) is 0 Å². The number of nitrogens with two attached hydrogens (primary N) is 1. The van der Waals surface area contributed by atoms with E-state index in [-0.39, 0.29) is 17.9 Å². The zero-order valence-electron chi connectivity index (χ0n) is 10.4. The van der Waals surface area contributed by atoms with Crippen LogP contribution in [-0.4, -0.2) is 66.6 Å². The summed E-state index contributed by atoms with van der Waals surface area (Å²) in [5.74, 6) is 0.223. The Kier molecular flexibility index (Phi) is 5.02. The number of hydrogen-bond donors (Lipinski definition) is 3. The van der Waals surface area contributed by atoms with Gasteiger partial charge in [-0.15, -0.1) is 0 Å². The van der Waals surface area contributed by atoms with Crippen molar-refractivity contribution >= 4 is 11.9 Å². The lowest BCUT2D eigenvalue weighted by Gasteiger charge is -2.32. The number of rotatable bonds is 3. The second-order valence-electron chi connectivity index (χ2n) is 4.49. The molecule has 0 aliphatic carbocycles. The standard InChI is InChI=1S/C10H21N5O2/c1-14(2)10(16)12-8-3-5-15(6-4-8)7-9(11)13-17/h8,17H,3-7H2,1-2H3,(H2,11,13)(H,12,16). The summed E-state index contributed by atoms with van der Waals surface area (Å²) in [5, 5.41) is 14.4. The highest BCUT2D eigenvalue weighted by Crippen LogP contribution is 2.10. The molecule has 0 aromatic rings. The molecule has 0 aromatic carbocycles. The maximum Gasteiger partial charge on any atom is 0.317 e. The summed E-state index contributed by atoms with van der Waals surface area (Å²) < 4.78 is 0. The lowest BCUT2D eigenvalue weighted by atomic mass is 10.1. The molecule has 1 aliphatic rings. The Morgan fingerprint density at radius 1 is 1.53 bits per heavy atom. The fourth-order valence-electron chi connectivity index (χ4n) is 1.80. The van der Waals surface area contributed by atoms with E-state index in [0.29, 0.717) is 6.54 Å². The number of carbonyl (C=O) groups excluding carboxylic acids is 1. The fourth-order valence-corrected chi connectivity index (χ4v) is 1.80. The Morgan fingerprint density at radius 3 is 2.59 bits per heavy atom. The number of piperidine rings is 1. The minimum atomic E-state index is -0.0557. The smallest absolute Gasteiger partial charge is 0.317 e. The van der Waals surface area contributed by atoms with Gasteiger partial charge in [0.1, 0.15) is 0 Å². The summed E-state index contributed by atoms with van der Waals surface area (Å²) in [6.45, 7) is 2.16. The van der Waals surface area contributed by atoms with Crippen molar-refractivity contribution in [1.29, 1.82) is 0 Å². The maximum atomic E-state index is 11.4. The van der Waals surface area contributed by atoms with Crippen molar-refractivity contribution in [3.8, 4) is 0 Å². The lowest BCUT2D eigenvalue weighted by Crippen LogP contribution is -2.48. The van der Waals surface area contributed by atoms with Crippen molar-refractivity contribution in [2.75, 3.05) is 33.7 Å². The average Bonchev–Trinajstić information content (AvgIpc) is 2.31. The molecule has 0 spiro atoms. The minimum Gasteiger partial charge on any atom is -0.409 e. The molecule has 0 bridgehead atoms. The van der Waals surface area contributed by atoms with E-state index < -0.39 is 0 Å². The summed E-state index contributed by atoms with van der Waals surface area (Å²) in [4.78, 5) is 15.1. The number of amidine groups is 1. The number of nitrogens with zero attached hydrogens (tertiary/aromatic N) is 3. The molecular formula is C10H21N5O2. The number of hydrogen-bond acceptors (Lipinski definition) is 4. The third-order valence-electron chi connectivity index (χ3n) is 2.84. The molecule has 0 atom stereocenters. The lowest BCUT2D eigenvalue weighted by molar-refractivity contribution is 0.191. The molecular weight excluding hydrogens is 222 g/mol. The van der Waals surface area contributed by atoms with Gasteiger partial charge in [0.2, 0.25) is 0 Å². The highest BCUT2D eigenvalue weighted by molar-refractivity contribution is 5.81. The Hall–Kier alpha value is -1.50. The highest BCUT2D eigenvalue weighted by Gasteiger charge is 2.21. The summed E-state index contributed by atoms with van der Waals surface area (Å²) in [6.07, 6.45) is 1.77. The van der Waals surface area contributed by atoms with Gasteiger partial charge in [-0.2, -0.15) is 0 Å². The van der Waals surface area contributed by atoms with Crippen molar-refractivity contribution < 1.29 is 10.0 Å². The topological polar surface area (TPSA) is 94.2 Å². The Balaban J connectivity index is 2.28. The van der Waals surface area contributed by atoms with E-state index in [9.17, 15) is 4.79 Å². The summed E-state index contributed by atoms with van der Waals surface area (Å²) >= 11 is 0. The molecule has 0 saturated carbocycles. The predicted molar refractivity (Wildman–Crippen MR) is 65.1 cm³/mol. The zero-order valence-corrected chi connectivity index (χ0v) is 10.4. The predicted octanol–water partition coefficient (Wildman–Crippen LogP) is -0.532. The van der Waals surface area contributed by atoms with Crippen LogP contribution in [-0.2, 0) is 0 Å². The molecule has 1 heterocycles. The van der Waals surface area contributed by atoms with Gasteiger partial charge in [0.25, 0.3) is 0 Å². The van der Waals surface area contributed by atoms with Crippen LogP contribution in [0.5, 0.6) is 0 Å². The molecule has 98 valence electrons. The first-order valence-corrected chi connectivity index (χ1v) is 5.69. The van der Waals surface area contributed by atoms with E-state index in [2.05, 4.69) is 15.4 Å². The van der Waals surface area contributed by atoms with Crippen molar-refractivity contribution in [2.45, 2.75) is 18.9 Å². The third-order valence-corrected chi connectivity index (χ3v) is 2.84. The van der Waals surface area contributed by atoms with Crippen LogP contribution in [0.2, 0.25) is 0 Å². The van der Waals surface area contributed by atoms with Crippen molar-refractivity contribution in [1.82, 2.24) is 15.1 Å². The van der Waals surface area contributed by atoms with Gasteiger partial charge in [-0.3, -0.25) is 4.90 Å². The quantitative estimate of drug-likeness (QED) is 0.269. The number of likely N-dealkylation sites (tertiary alicyclic amines) is 1. The molecule has 2 amide bonds. The molecule has 17 heavy (non-hydrogen) atoms. The van der Waals surface area contributed by atoms with Gasteiger partial charge < -0.3 is 21.2 Å². The fraction of sp³-hybridized carbons (Fsp3) is 0.800. The highest BCUT2D eigenvalue weighted by atomic mass is 16.4. The first-order chi connectivity index (χ1) is 8.02. The minimum absolute atomic E-state index is 0.0557. The Morgan fingerprint density at radius 2 is 2.12 bits per heavy atom. The van der Waals surface area contributed by atoms with Crippen LogP contribution in [0.4, 0.5) is 4.79 Å². The number of oxime groups is 1. The Labute approximate surface area is 101 Å². The van der Waals surface area contributed by atoms with Gasteiger partial charge in [-0.25, -0.2) is 4.79 Å². The van der Waals surface area contributed by atoms with E-state index in [1.54, 1.807) is 14.1 Å². The van der Waals surface area contributed by atoms with Crippen LogP contribution in [0.1, 0.15) is 12.8 Å². The number of carbonyl (C=O) groups is 1. The van der Waals surface area contributed by atoms with Gasteiger partial charge in [0.05, 0.1) is 6.54 Å². The third kappa shape index (κ3) is 4.48. The first kappa shape index (κ1) is 13.6. The summed E-state index contributed by atoms with van der Waals surface area (Å²) in [7, 11) is 3.45. The molecule has 1 aliphatic heterocycles. The van der Waals surface area contributed by atoms with E-state index in [4.69, 9.17) is 10.9 Å². The van der Waals surface area contributed by atoms with Crippen molar-refractivity contribution in [3.63, 3.8) is 0 Å². The molecule has 1 rings (SSSR count). The van der Waals surface area contributed by atoms with Gasteiger partial charge in [0, 0.05) is 33.2 Å². The molecule has 1 fully saturated rings. The molecule has 0 aromatic heterocycles. The molecule has 7 nitrogen and oxygen atoms in total. The average molecular weight is 243 g/mol. The Bertz CT molecular complexity index is 284. The van der Waals surface area contributed by atoms with Crippen molar-refractivity contribution in [2.24, 2.45) is 10.9 Å². The molecule has 0 radical (unpaired) electrons. The van der Waals surface area contributed by atoms with Gasteiger partial charge >= 0.3 is 6.03 Å². The van der Waals surface area contributed by atoms with Crippen LogP contribution in [0.15, 0.2) is 5.16 Å². The van der Waals surface area contributed by atoms with Crippen LogP contribution in [0, 0.1) is 0 Å². The van der Waals surface area contributed by atoms with Crippen molar-refractivity contribution in [3.05, 3.63) is 0 Å². The molecule has 4 N–H and O–H groups in total. The van der Waals surface area contributed by atoms with Crippen LogP contribution >= 0.6 is 0 Å². The van der Waals surface area contributed by atoms with E-state index in [1.807, 2.05) is 0 Å². The second-order valence-corrected chi connectivity index (χ2v) is 4.49. The number of urea groups is 1. The van der Waals surface area contributed by atoms with Gasteiger partial charge in [0.15, 0.2) is 5.84 Å². The normalized spacial score (nSPS) is 19.1. The van der Waals surface area contributed by atoms with E-state index in [1.165, 1.54) is 4.90 Å². The number of nitrogens with one attached hydrogen (secondary N) is 1. The van der Waals surface area contributed by atoms with Gasteiger partial charge in [-0.05, 0) is 12.8 Å². The van der Waals surface area contributed by atoms with E-state index in [0.717, 1.165) is 25.9 Å². The summed E-state index contributed by atoms with van der Waals surface area (Å²) in [6, 6.07) is 0.160. The SMILES string of the molecule is CN(C)C(=O)NC1CCN(CC(N)=NO)CC1.